The highest BCUT2D eigenvalue weighted by molar-refractivity contribution is 14.1. The minimum absolute atomic E-state index is 0. The Kier molecular flexibility index (Phi) is 6.00. The van der Waals surface area contributed by atoms with Gasteiger partial charge in [0.05, 0.1) is 15.6 Å². The average Bonchev–Trinajstić information content (AvgIpc) is 3.18. The standard InChI is InChI=1S/C19H12IN5O2.ClH/c20-17-12-5-4-9-14(17)15-10-6-11-16(18(15)25(26)27)19-21-23-24(22-19)13-7-2-1-3-8-13;/h1-12H;1H. The van der Waals surface area contributed by atoms with Crippen LogP contribution in [0.25, 0.3) is 28.2 Å². The smallest absolute Gasteiger partial charge is 0.320 e. The number of aromatic nitrogens is 4. The molecule has 0 fully saturated rings. The van der Waals surface area contributed by atoms with Gasteiger partial charge in [0.15, 0.2) is 10.9 Å². The zero-order valence-corrected chi connectivity index (χ0v) is 17.2. The first-order chi connectivity index (χ1) is 13.1. The molecule has 28 heavy (non-hydrogen) atoms. The normalized spacial score (nSPS) is 10.3. The maximum atomic E-state index is 11.9. The summed E-state index contributed by atoms with van der Waals surface area (Å²) in [5.41, 5.74) is 2.53. The van der Waals surface area contributed by atoms with Crippen molar-refractivity contribution in [2.75, 3.05) is 0 Å². The second-order valence-corrected chi connectivity index (χ2v) is 6.90. The Labute approximate surface area is 180 Å². The van der Waals surface area contributed by atoms with E-state index in [9.17, 15) is 10.1 Å². The summed E-state index contributed by atoms with van der Waals surface area (Å²) in [5, 5.41) is 23.1. The number of aromatic amines is 1. The molecule has 7 nitrogen and oxygen atoms in total. The number of benzene rings is 3. The van der Waals surface area contributed by atoms with Crippen molar-refractivity contribution >= 4 is 28.3 Å². The van der Waals surface area contributed by atoms with E-state index in [0.717, 1.165) is 14.8 Å². The van der Waals surface area contributed by atoms with E-state index >= 15 is 0 Å². The quantitative estimate of drug-likeness (QED) is 0.193. The number of nitrogens with one attached hydrogen (secondary N) is 1. The SMILES string of the molecule is O=[N+]([O-])c1c(-c2nn[n+](-c3ccccc3)[nH]2)cccc1-c1ccccc1I.[Cl-]. The van der Waals surface area contributed by atoms with Crippen LogP contribution >= 0.6 is 22.6 Å². The Morgan fingerprint density at radius 2 is 1.54 bits per heavy atom. The van der Waals surface area contributed by atoms with Gasteiger partial charge in [-0.05, 0) is 57.7 Å². The monoisotopic (exact) mass is 505 g/mol. The molecule has 0 saturated heterocycles. The third kappa shape index (κ3) is 3.73. The van der Waals surface area contributed by atoms with Crippen LogP contribution in [0.15, 0.2) is 72.8 Å². The number of hydrogen-bond donors (Lipinski definition) is 1. The molecule has 1 heterocycles. The van der Waals surface area contributed by atoms with Crippen molar-refractivity contribution in [3.05, 3.63) is 86.5 Å². The molecule has 4 aromatic rings. The molecule has 0 aliphatic carbocycles. The van der Waals surface area contributed by atoms with E-state index in [4.69, 9.17) is 0 Å². The Bertz CT molecular complexity index is 1130. The molecule has 1 N–H and O–H groups in total. The lowest BCUT2D eigenvalue weighted by molar-refractivity contribution is -0.716. The van der Waals surface area contributed by atoms with Crippen LogP contribution in [0.3, 0.4) is 0 Å². The van der Waals surface area contributed by atoms with E-state index in [1.165, 1.54) is 4.80 Å². The van der Waals surface area contributed by atoms with E-state index in [0.29, 0.717) is 17.0 Å². The molecular weight excluding hydrogens is 493 g/mol. The molecule has 0 spiro atoms. The lowest BCUT2D eigenvalue weighted by atomic mass is 10.00. The molecule has 0 atom stereocenters. The summed E-state index contributed by atoms with van der Waals surface area (Å²) >= 11 is 2.18. The van der Waals surface area contributed by atoms with Gasteiger partial charge in [-0.2, -0.15) is 5.10 Å². The van der Waals surface area contributed by atoms with Crippen molar-refractivity contribution in [1.29, 1.82) is 0 Å². The summed E-state index contributed by atoms with van der Waals surface area (Å²) in [6.07, 6.45) is 0. The van der Waals surface area contributed by atoms with Crippen molar-refractivity contribution in [2.24, 2.45) is 0 Å². The molecule has 0 radical (unpaired) electrons. The number of rotatable bonds is 4. The highest BCUT2D eigenvalue weighted by Gasteiger charge is 2.28. The van der Waals surface area contributed by atoms with Crippen LogP contribution in [0.1, 0.15) is 0 Å². The zero-order valence-electron chi connectivity index (χ0n) is 14.3. The molecule has 0 unspecified atom stereocenters. The van der Waals surface area contributed by atoms with Gasteiger partial charge in [-0.3, -0.25) is 10.1 Å². The van der Waals surface area contributed by atoms with Crippen LogP contribution in [0.2, 0.25) is 0 Å². The van der Waals surface area contributed by atoms with E-state index in [2.05, 4.69) is 38.0 Å². The van der Waals surface area contributed by atoms with Crippen LogP contribution < -0.4 is 17.2 Å². The topological polar surface area (TPSA) is 88.6 Å². The number of nitrogens with zero attached hydrogens (tertiary/aromatic N) is 4. The van der Waals surface area contributed by atoms with Crippen LogP contribution in [0.4, 0.5) is 5.69 Å². The summed E-state index contributed by atoms with van der Waals surface area (Å²) in [6.45, 7) is 0. The fourth-order valence-corrected chi connectivity index (χ4v) is 3.54. The first-order valence-corrected chi connectivity index (χ1v) is 9.16. The van der Waals surface area contributed by atoms with Gasteiger partial charge in [0.25, 0.3) is 5.69 Å². The maximum Gasteiger partial charge on any atom is 0.320 e. The predicted molar refractivity (Wildman–Crippen MR) is 108 cm³/mol. The molecular formula is C19H13ClIN5O2. The number of H-pyrrole nitrogens is 1. The van der Waals surface area contributed by atoms with Crippen molar-refractivity contribution in [2.45, 2.75) is 0 Å². The third-order valence-electron chi connectivity index (χ3n) is 4.08. The number of halogens is 2. The fraction of sp³-hybridized carbons (Fsp3) is 0. The highest BCUT2D eigenvalue weighted by Crippen LogP contribution is 2.38. The summed E-state index contributed by atoms with van der Waals surface area (Å²) in [6, 6.07) is 22.2. The molecule has 0 saturated carbocycles. The number of tetrazole rings is 1. The van der Waals surface area contributed by atoms with Crippen molar-refractivity contribution in [1.82, 2.24) is 15.4 Å². The predicted octanol–water partition coefficient (Wildman–Crippen LogP) is 0.932. The van der Waals surface area contributed by atoms with E-state index in [-0.39, 0.29) is 23.0 Å². The summed E-state index contributed by atoms with van der Waals surface area (Å²) in [7, 11) is 0. The third-order valence-corrected chi connectivity index (χ3v) is 5.03. The van der Waals surface area contributed by atoms with E-state index < -0.39 is 0 Å². The fourth-order valence-electron chi connectivity index (χ4n) is 2.86. The molecule has 1 aromatic heterocycles. The molecule has 0 amide bonds. The molecule has 0 aliphatic rings. The Morgan fingerprint density at radius 1 is 0.893 bits per heavy atom. The van der Waals surface area contributed by atoms with Crippen LogP contribution in [0, 0.1) is 13.7 Å². The van der Waals surface area contributed by atoms with Gasteiger partial charge in [0.2, 0.25) is 0 Å². The first kappa shape index (κ1) is 19.9. The second kappa shape index (κ2) is 8.44. The van der Waals surface area contributed by atoms with Crippen molar-refractivity contribution in [3.63, 3.8) is 0 Å². The van der Waals surface area contributed by atoms with E-state index in [1.807, 2.05) is 54.6 Å². The van der Waals surface area contributed by atoms with Crippen LogP contribution in [-0.4, -0.2) is 20.3 Å². The molecule has 3 aromatic carbocycles. The van der Waals surface area contributed by atoms with Gasteiger partial charge in [0.1, 0.15) is 5.56 Å². The number of para-hydroxylation sites is 2. The largest absolute Gasteiger partial charge is 1.00 e. The lowest BCUT2D eigenvalue weighted by Crippen LogP contribution is -3.00. The Balaban J connectivity index is 0.00000225. The van der Waals surface area contributed by atoms with Crippen molar-refractivity contribution < 1.29 is 22.1 Å². The van der Waals surface area contributed by atoms with Crippen LogP contribution in [0.5, 0.6) is 0 Å². The summed E-state index contributed by atoms with van der Waals surface area (Å²) < 4.78 is 0.937. The second-order valence-electron chi connectivity index (χ2n) is 5.74. The summed E-state index contributed by atoms with van der Waals surface area (Å²) in [4.78, 5) is 13.0. The minimum atomic E-state index is -0.372. The maximum absolute atomic E-state index is 11.9. The Hall–Kier alpha value is -2.85. The van der Waals surface area contributed by atoms with Gasteiger partial charge in [-0.1, -0.05) is 42.5 Å². The molecule has 140 valence electrons. The molecule has 9 heteroatoms. The van der Waals surface area contributed by atoms with E-state index in [1.54, 1.807) is 18.2 Å². The van der Waals surface area contributed by atoms with Gasteiger partial charge in [-0.25, -0.2) is 0 Å². The van der Waals surface area contributed by atoms with Gasteiger partial charge in [0, 0.05) is 9.13 Å². The number of hydrogen-bond acceptors (Lipinski definition) is 4. The first-order valence-electron chi connectivity index (χ1n) is 8.08. The minimum Gasteiger partial charge on any atom is -1.00 e. The molecule has 0 aliphatic heterocycles. The van der Waals surface area contributed by atoms with Gasteiger partial charge >= 0.3 is 5.82 Å². The van der Waals surface area contributed by atoms with Crippen molar-refractivity contribution in [3.8, 4) is 28.2 Å². The number of nitro benzene ring substituents is 1. The summed E-state index contributed by atoms with van der Waals surface area (Å²) in [5.74, 6) is 0.332. The van der Waals surface area contributed by atoms with Gasteiger partial charge in [-0.15, -0.1) is 0 Å². The number of nitro groups is 1. The lowest BCUT2D eigenvalue weighted by Gasteiger charge is -2.07. The van der Waals surface area contributed by atoms with Gasteiger partial charge < -0.3 is 12.4 Å². The molecule has 0 bridgehead atoms. The Morgan fingerprint density at radius 3 is 2.25 bits per heavy atom. The average molecular weight is 506 g/mol. The highest BCUT2D eigenvalue weighted by atomic mass is 127. The molecule has 4 rings (SSSR count). The zero-order chi connectivity index (χ0) is 18.8. The van der Waals surface area contributed by atoms with Crippen LogP contribution in [-0.2, 0) is 0 Å².